The van der Waals surface area contributed by atoms with Crippen molar-refractivity contribution >= 4 is 23.2 Å². The maximum atomic E-state index is 14.6. The fourth-order valence-electron chi connectivity index (χ4n) is 6.48. The number of carbonyl (C=O) groups is 2. The van der Waals surface area contributed by atoms with Gasteiger partial charge in [-0.25, -0.2) is 13.2 Å². The lowest BCUT2D eigenvalue weighted by molar-refractivity contribution is -0.129. The minimum Gasteiger partial charge on any atom is -0.388 e. The van der Waals surface area contributed by atoms with E-state index in [2.05, 4.69) is 29.5 Å². The number of aromatic nitrogens is 1. The van der Waals surface area contributed by atoms with E-state index in [1.165, 1.54) is 22.9 Å². The van der Waals surface area contributed by atoms with Crippen molar-refractivity contribution in [3.8, 4) is 6.19 Å². The third-order valence-corrected chi connectivity index (χ3v) is 8.86. The lowest BCUT2D eigenvalue weighted by Gasteiger charge is -2.38. The fraction of sp³-hybridized carbons (Fsp3) is 0.548. The van der Waals surface area contributed by atoms with Gasteiger partial charge in [0.15, 0.2) is 6.19 Å². The summed E-state index contributed by atoms with van der Waals surface area (Å²) in [5.74, 6) is -4.86. The van der Waals surface area contributed by atoms with Crippen LogP contribution in [-0.4, -0.2) is 63.5 Å². The van der Waals surface area contributed by atoms with Gasteiger partial charge in [0.1, 0.15) is 17.9 Å². The summed E-state index contributed by atoms with van der Waals surface area (Å²) < 4.78 is 42.3. The largest absolute Gasteiger partial charge is 0.388 e. The predicted molar refractivity (Wildman–Crippen MR) is 154 cm³/mol. The number of nitriles is 1. The number of carbonyl (C=O) groups excluding carboxylic acids is 2. The van der Waals surface area contributed by atoms with E-state index in [4.69, 9.17) is 0 Å². The second-order valence-corrected chi connectivity index (χ2v) is 12.9. The van der Waals surface area contributed by atoms with Crippen LogP contribution in [0.25, 0.3) is 0 Å². The molecular formula is C31H37F3N6O3. The molecule has 43 heavy (non-hydrogen) atoms. The van der Waals surface area contributed by atoms with Gasteiger partial charge in [0, 0.05) is 55.0 Å². The van der Waals surface area contributed by atoms with Crippen LogP contribution in [0.1, 0.15) is 76.5 Å². The second kappa shape index (κ2) is 11.3. The molecule has 230 valence electrons. The van der Waals surface area contributed by atoms with Crippen molar-refractivity contribution in [2.45, 2.75) is 94.4 Å². The van der Waals surface area contributed by atoms with E-state index in [1.807, 2.05) is 12.3 Å². The van der Waals surface area contributed by atoms with Crippen LogP contribution in [0.5, 0.6) is 0 Å². The highest BCUT2D eigenvalue weighted by atomic mass is 19.3. The maximum absolute atomic E-state index is 14.6. The number of alkyl halides is 2. The van der Waals surface area contributed by atoms with Gasteiger partial charge in [-0.2, -0.15) is 5.26 Å². The van der Waals surface area contributed by atoms with Crippen LogP contribution in [0.3, 0.4) is 0 Å². The molecule has 0 radical (unpaired) electrons. The first kappa shape index (κ1) is 30.6. The summed E-state index contributed by atoms with van der Waals surface area (Å²) in [6.07, 6.45) is 4.39. The Labute approximate surface area is 249 Å². The van der Waals surface area contributed by atoms with Crippen LogP contribution < -0.4 is 15.5 Å². The van der Waals surface area contributed by atoms with Crippen LogP contribution in [0.2, 0.25) is 0 Å². The molecule has 1 saturated carbocycles. The summed E-state index contributed by atoms with van der Waals surface area (Å²) in [5, 5.41) is 26.8. The molecule has 0 spiro atoms. The van der Waals surface area contributed by atoms with Crippen molar-refractivity contribution in [3.05, 3.63) is 53.6 Å². The van der Waals surface area contributed by atoms with Gasteiger partial charge in [-0.05, 0) is 55.4 Å². The zero-order valence-corrected chi connectivity index (χ0v) is 24.5. The standard InChI is InChI=1S/C31H37F3N6O3/c1-29(2)10-11-37-24-13-22(4-5-23(24)29)40(28(42)25-14-30(3,43)17-39(25)18-35)26(19-12-20(32)16-36-15-19)27(41)38-21-6-8-31(33,34)9-7-21/h4-5,12-13,15-16,21,25-26,37,43H,6-11,14,17H2,1-3H3,(H,38,41)/t25-,26?,30-/m1/s1. The Hall–Kier alpha value is -3.85. The molecule has 9 nitrogen and oxygen atoms in total. The number of pyridine rings is 1. The summed E-state index contributed by atoms with van der Waals surface area (Å²) in [5.41, 5.74) is 0.697. The molecule has 2 aromatic rings. The highest BCUT2D eigenvalue weighted by molar-refractivity contribution is 6.04. The first-order chi connectivity index (χ1) is 20.2. The van der Waals surface area contributed by atoms with Gasteiger partial charge in [-0.3, -0.25) is 24.4 Å². The average molecular weight is 599 g/mol. The van der Waals surface area contributed by atoms with E-state index >= 15 is 0 Å². The minimum absolute atomic E-state index is 0.0480. The number of nitrogens with one attached hydrogen (secondary N) is 2. The molecule has 3 N–H and O–H groups in total. The van der Waals surface area contributed by atoms with Gasteiger partial charge in [0.05, 0.1) is 18.3 Å². The molecule has 1 aliphatic carbocycles. The van der Waals surface area contributed by atoms with Gasteiger partial charge in [0.2, 0.25) is 11.8 Å². The van der Waals surface area contributed by atoms with Crippen molar-refractivity contribution < 1.29 is 27.9 Å². The fourth-order valence-corrected chi connectivity index (χ4v) is 6.48. The molecule has 12 heteroatoms. The molecule has 3 aliphatic rings. The van der Waals surface area contributed by atoms with Crippen LogP contribution in [-0.2, 0) is 15.0 Å². The number of hydrogen-bond acceptors (Lipinski definition) is 7. The highest BCUT2D eigenvalue weighted by Crippen LogP contribution is 2.41. The topological polar surface area (TPSA) is 122 Å². The first-order valence-electron chi connectivity index (χ1n) is 14.6. The van der Waals surface area contributed by atoms with E-state index in [0.717, 1.165) is 29.9 Å². The maximum Gasteiger partial charge on any atom is 0.251 e. The molecule has 3 atom stereocenters. The van der Waals surface area contributed by atoms with Crippen molar-refractivity contribution in [2.24, 2.45) is 0 Å². The molecule has 1 unspecified atom stereocenters. The normalized spacial score (nSPS) is 25.2. The number of aliphatic hydroxyl groups is 1. The Kier molecular flexibility index (Phi) is 8.07. The summed E-state index contributed by atoms with van der Waals surface area (Å²) in [7, 11) is 0. The summed E-state index contributed by atoms with van der Waals surface area (Å²) in [6, 6.07) is 3.34. The number of benzene rings is 1. The van der Waals surface area contributed by atoms with E-state index in [0.29, 0.717) is 12.2 Å². The number of β-amino-alcohol motifs (C(OH)–C–C–N with tert-alkyl or cyclic N) is 1. The lowest BCUT2D eigenvalue weighted by atomic mass is 9.78. The highest BCUT2D eigenvalue weighted by Gasteiger charge is 2.47. The molecule has 1 saturated heterocycles. The number of rotatable bonds is 6. The second-order valence-electron chi connectivity index (χ2n) is 12.9. The number of fused-ring (bicyclic) bond motifs is 1. The molecule has 1 aromatic carbocycles. The van der Waals surface area contributed by atoms with Crippen LogP contribution in [0.4, 0.5) is 24.5 Å². The summed E-state index contributed by atoms with van der Waals surface area (Å²) in [6.45, 7) is 6.36. The van der Waals surface area contributed by atoms with Crippen molar-refractivity contribution in [1.29, 1.82) is 5.26 Å². The van der Waals surface area contributed by atoms with Gasteiger partial charge in [-0.1, -0.05) is 19.9 Å². The molecule has 1 aromatic heterocycles. The van der Waals surface area contributed by atoms with Gasteiger partial charge < -0.3 is 15.7 Å². The summed E-state index contributed by atoms with van der Waals surface area (Å²) in [4.78, 5) is 34.9. The number of halogens is 3. The van der Waals surface area contributed by atoms with Crippen molar-refractivity contribution in [3.63, 3.8) is 0 Å². The molecule has 2 amide bonds. The molecular weight excluding hydrogens is 561 g/mol. The summed E-state index contributed by atoms with van der Waals surface area (Å²) >= 11 is 0. The number of amides is 2. The third kappa shape index (κ3) is 6.42. The molecule has 5 rings (SSSR count). The Bertz CT molecular complexity index is 1430. The number of hydrogen-bond donors (Lipinski definition) is 3. The van der Waals surface area contributed by atoms with Crippen LogP contribution in [0.15, 0.2) is 36.7 Å². The monoisotopic (exact) mass is 598 g/mol. The zero-order chi connectivity index (χ0) is 31.2. The average Bonchev–Trinajstić information content (AvgIpc) is 3.26. The third-order valence-electron chi connectivity index (χ3n) is 8.86. The lowest BCUT2D eigenvalue weighted by Crippen LogP contribution is -2.52. The van der Waals surface area contributed by atoms with Gasteiger partial charge >= 0.3 is 0 Å². The Morgan fingerprint density at radius 3 is 2.58 bits per heavy atom. The van der Waals surface area contributed by atoms with Crippen molar-refractivity contribution in [2.75, 3.05) is 23.3 Å². The van der Waals surface area contributed by atoms with Gasteiger partial charge in [-0.15, -0.1) is 0 Å². The number of nitrogens with zero attached hydrogens (tertiary/aromatic N) is 4. The smallest absolute Gasteiger partial charge is 0.251 e. The first-order valence-corrected chi connectivity index (χ1v) is 14.6. The zero-order valence-electron chi connectivity index (χ0n) is 24.5. The number of likely N-dealkylation sites (tertiary alicyclic amines) is 1. The van der Waals surface area contributed by atoms with E-state index in [1.54, 1.807) is 12.1 Å². The minimum atomic E-state index is -2.81. The Morgan fingerprint density at radius 1 is 1.19 bits per heavy atom. The van der Waals surface area contributed by atoms with Crippen molar-refractivity contribution in [1.82, 2.24) is 15.2 Å². The van der Waals surface area contributed by atoms with E-state index in [-0.39, 0.29) is 49.6 Å². The molecule has 2 fully saturated rings. The van der Waals surface area contributed by atoms with Crippen LogP contribution in [0, 0.1) is 17.3 Å². The number of anilines is 2. The molecule has 0 bridgehead atoms. The Balaban J connectivity index is 1.61. The van der Waals surface area contributed by atoms with Gasteiger partial charge in [0.25, 0.3) is 5.91 Å². The quantitative estimate of drug-likeness (QED) is 0.422. The van der Waals surface area contributed by atoms with E-state index in [9.17, 15) is 33.1 Å². The predicted octanol–water partition coefficient (Wildman–Crippen LogP) is 4.39. The Morgan fingerprint density at radius 2 is 1.91 bits per heavy atom. The van der Waals surface area contributed by atoms with Crippen LogP contribution >= 0.6 is 0 Å². The van der Waals surface area contributed by atoms with E-state index < -0.39 is 47.3 Å². The molecule has 3 heterocycles. The SMILES string of the molecule is CC1(C)CCNc2cc(N(C(=O)[C@H]3C[C@@](C)(O)CN3C#N)C(C(=O)NC3CCC(F)(F)CC3)c3cncc(F)c3)ccc21. The molecule has 2 aliphatic heterocycles.